The van der Waals surface area contributed by atoms with Crippen molar-refractivity contribution in [3.05, 3.63) is 11.9 Å². The standard InChI is InChI=1S/C8H11F3N4O2/c9-8(10,11)5-12-7(17)4-15-3-6(1-2-16)13-14-15/h3,16H,1-2,4-5H2,(H,12,17). The molecule has 17 heavy (non-hydrogen) atoms. The molecule has 1 heterocycles. The van der Waals surface area contributed by atoms with E-state index in [4.69, 9.17) is 5.11 Å². The van der Waals surface area contributed by atoms with Crippen molar-refractivity contribution in [3.63, 3.8) is 0 Å². The summed E-state index contributed by atoms with van der Waals surface area (Å²) < 4.78 is 36.5. The van der Waals surface area contributed by atoms with Crippen molar-refractivity contribution in [2.45, 2.75) is 19.1 Å². The molecule has 0 unspecified atom stereocenters. The molecule has 0 radical (unpaired) electrons. The minimum Gasteiger partial charge on any atom is -0.396 e. The van der Waals surface area contributed by atoms with E-state index in [-0.39, 0.29) is 19.6 Å². The Kier molecular flexibility index (Phi) is 4.44. The van der Waals surface area contributed by atoms with Crippen LogP contribution in [0.4, 0.5) is 13.2 Å². The van der Waals surface area contributed by atoms with Crippen LogP contribution in [-0.4, -0.2) is 45.3 Å². The molecule has 0 aromatic carbocycles. The minimum atomic E-state index is -4.43. The van der Waals surface area contributed by atoms with Crippen molar-refractivity contribution in [1.82, 2.24) is 20.3 Å². The average molecular weight is 252 g/mol. The summed E-state index contributed by atoms with van der Waals surface area (Å²) in [6.07, 6.45) is -2.76. The van der Waals surface area contributed by atoms with E-state index in [1.54, 1.807) is 5.32 Å². The fourth-order valence-electron chi connectivity index (χ4n) is 1.05. The number of hydrogen-bond donors (Lipinski definition) is 2. The van der Waals surface area contributed by atoms with Gasteiger partial charge in [0.25, 0.3) is 0 Å². The number of hydrogen-bond acceptors (Lipinski definition) is 4. The van der Waals surface area contributed by atoms with Crippen molar-refractivity contribution < 1.29 is 23.1 Å². The Bertz CT molecular complexity index is 377. The van der Waals surface area contributed by atoms with Gasteiger partial charge in [0.2, 0.25) is 5.91 Å². The number of nitrogens with one attached hydrogen (secondary N) is 1. The lowest BCUT2D eigenvalue weighted by Crippen LogP contribution is -2.35. The predicted molar refractivity (Wildman–Crippen MR) is 49.9 cm³/mol. The van der Waals surface area contributed by atoms with Crippen LogP contribution in [0.1, 0.15) is 5.69 Å². The van der Waals surface area contributed by atoms with E-state index in [0.717, 1.165) is 4.68 Å². The van der Waals surface area contributed by atoms with E-state index < -0.39 is 18.6 Å². The molecule has 0 aliphatic heterocycles. The molecule has 1 rings (SSSR count). The zero-order valence-electron chi connectivity index (χ0n) is 8.74. The summed E-state index contributed by atoms with van der Waals surface area (Å²) in [6, 6.07) is 0. The molecular weight excluding hydrogens is 241 g/mol. The molecule has 0 spiro atoms. The number of aliphatic hydroxyl groups is 1. The summed E-state index contributed by atoms with van der Waals surface area (Å²) >= 11 is 0. The first-order valence-electron chi connectivity index (χ1n) is 4.74. The number of aliphatic hydroxyl groups excluding tert-OH is 1. The third-order valence-corrected chi connectivity index (χ3v) is 1.75. The molecule has 0 aliphatic rings. The highest BCUT2D eigenvalue weighted by Crippen LogP contribution is 2.11. The Balaban J connectivity index is 2.39. The van der Waals surface area contributed by atoms with Gasteiger partial charge < -0.3 is 10.4 Å². The second kappa shape index (κ2) is 5.62. The highest BCUT2D eigenvalue weighted by molar-refractivity contribution is 5.75. The number of amides is 1. The van der Waals surface area contributed by atoms with E-state index in [1.807, 2.05) is 0 Å². The molecule has 1 aromatic rings. The van der Waals surface area contributed by atoms with Gasteiger partial charge in [0, 0.05) is 19.2 Å². The summed E-state index contributed by atoms with van der Waals surface area (Å²) in [5, 5.41) is 17.5. The fraction of sp³-hybridized carbons (Fsp3) is 0.625. The lowest BCUT2D eigenvalue weighted by atomic mass is 10.3. The number of carbonyl (C=O) groups excluding carboxylic acids is 1. The number of halogens is 3. The third-order valence-electron chi connectivity index (χ3n) is 1.75. The molecule has 6 nitrogen and oxygen atoms in total. The predicted octanol–water partition coefficient (Wildman–Crippen LogP) is -0.509. The Morgan fingerprint density at radius 2 is 2.24 bits per heavy atom. The first-order valence-corrected chi connectivity index (χ1v) is 4.74. The first-order chi connectivity index (χ1) is 7.90. The molecule has 0 bridgehead atoms. The first kappa shape index (κ1) is 13.4. The SMILES string of the molecule is O=C(Cn1cc(CCO)nn1)NCC(F)(F)F. The van der Waals surface area contributed by atoms with Gasteiger partial charge >= 0.3 is 6.18 Å². The van der Waals surface area contributed by atoms with Crippen molar-refractivity contribution in [2.75, 3.05) is 13.2 Å². The number of carbonyl (C=O) groups is 1. The monoisotopic (exact) mass is 252 g/mol. The zero-order chi connectivity index (χ0) is 12.9. The maximum absolute atomic E-state index is 11.8. The molecule has 0 saturated carbocycles. The maximum atomic E-state index is 11.8. The minimum absolute atomic E-state index is 0.112. The number of nitrogens with zero attached hydrogens (tertiary/aromatic N) is 3. The van der Waals surface area contributed by atoms with Crippen molar-refractivity contribution in [3.8, 4) is 0 Å². The smallest absolute Gasteiger partial charge is 0.396 e. The van der Waals surface area contributed by atoms with Gasteiger partial charge in [-0.25, -0.2) is 4.68 Å². The maximum Gasteiger partial charge on any atom is 0.405 e. The van der Waals surface area contributed by atoms with Crippen LogP contribution in [0.2, 0.25) is 0 Å². The Morgan fingerprint density at radius 1 is 1.53 bits per heavy atom. The lowest BCUT2D eigenvalue weighted by molar-refractivity contribution is -0.138. The quantitative estimate of drug-likeness (QED) is 0.739. The van der Waals surface area contributed by atoms with E-state index in [1.165, 1.54) is 6.20 Å². The molecule has 0 aliphatic carbocycles. The summed E-state index contributed by atoms with van der Waals surface area (Å²) in [7, 11) is 0. The molecule has 1 aromatic heterocycles. The van der Waals surface area contributed by atoms with E-state index in [0.29, 0.717) is 5.69 Å². The van der Waals surface area contributed by atoms with Gasteiger partial charge in [-0.05, 0) is 0 Å². The molecule has 0 atom stereocenters. The topological polar surface area (TPSA) is 80.0 Å². The molecule has 2 N–H and O–H groups in total. The number of alkyl halides is 3. The average Bonchev–Trinajstić information content (AvgIpc) is 2.62. The van der Waals surface area contributed by atoms with E-state index in [9.17, 15) is 18.0 Å². The van der Waals surface area contributed by atoms with E-state index >= 15 is 0 Å². The van der Waals surface area contributed by atoms with Gasteiger partial charge in [-0.15, -0.1) is 5.10 Å². The van der Waals surface area contributed by atoms with Crippen LogP contribution in [0.25, 0.3) is 0 Å². The van der Waals surface area contributed by atoms with Crippen molar-refractivity contribution in [2.24, 2.45) is 0 Å². The van der Waals surface area contributed by atoms with Gasteiger partial charge in [-0.1, -0.05) is 5.21 Å². The highest BCUT2D eigenvalue weighted by atomic mass is 19.4. The Hall–Kier alpha value is -1.64. The van der Waals surface area contributed by atoms with Gasteiger partial charge in [0.15, 0.2) is 0 Å². The van der Waals surface area contributed by atoms with Gasteiger partial charge in [-0.2, -0.15) is 13.2 Å². The van der Waals surface area contributed by atoms with Gasteiger partial charge in [0.1, 0.15) is 13.1 Å². The Morgan fingerprint density at radius 3 is 2.82 bits per heavy atom. The zero-order valence-corrected chi connectivity index (χ0v) is 8.74. The molecule has 1 amide bonds. The summed E-state index contributed by atoms with van der Waals surface area (Å²) in [5.74, 6) is -0.803. The lowest BCUT2D eigenvalue weighted by Gasteiger charge is -2.07. The second-order valence-corrected chi connectivity index (χ2v) is 3.27. The molecule has 0 saturated heterocycles. The molecule has 96 valence electrons. The highest BCUT2D eigenvalue weighted by Gasteiger charge is 2.27. The third kappa shape index (κ3) is 5.29. The van der Waals surface area contributed by atoms with Crippen molar-refractivity contribution in [1.29, 1.82) is 0 Å². The number of rotatable bonds is 5. The molecule has 9 heteroatoms. The van der Waals surface area contributed by atoms with Crippen LogP contribution >= 0.6 is 0 Å². The van der Waals surface area contributed by atoms with E-state index in [2.05, 4.69) is 10.3 Å². The largest absolute Gasteiger partial charge is 0.405 e. The van der Waals surface area contributed by atoms with Crippen LogP contribution in [0.3, 0.4) is 0 Å². The van der Waals surface area contributed by atoms with Crippen LogP contribution in [0.5, 0.6) is 0 Å². The van der Waals surface area contributed by atoms with Gasteiger partial charge in [-0.3, -0.25) is 4.79 Å². The summed E-state index contributed by atoms with van der Waals surface area (Å²) in [4.78, 5) is 11.1. The Labute approximate surface area is 94.4 Å². The number of aromatic nitrogens is 3. The summed E-state index contributed by atoms with van der Waals surface area (Å²) in [5.41, 5.74) is 0.469. The fourth-order valence-corrected chi connectivity index (χ4v) is 1.05. The van der Waals surface area contributed by atoms with Crippen molar-refractivity contribution >= 4 is 5.91 Å². The van der Waals surface area contributed by atoms with Gasteiger partial charge in [0.05, 0.1) is 5.69 Å². The molecule has 0 fully saturated rings. The summed E-state index contributed by atoms with van der Waals surface area (Å²) in [6.45, 7) is -1.82. The normalized spacial score (nSPS) is 11.5. The second-order valence-electron chi connectivity index (χ2n) is 3.27. The van der Waals surface area contributed by atoms with Crippen LogP contribution in [-0.2, 0) is 17.8 Å². The van der Waals surface area contributed by atoms with Crippen LogP contribution < -0.4 is 5.32 Å². The molecular formula is C8H11F3N4O2. The van der Waals surface area contributed by atoms with Crippen LogP contribution in [0.15, 0.2) is 6.20 Å². The van der Waals surface area contributed by atoms with Crippen LogP contribution in [0, 0.1) is 0 Å².